The molecule has 0 radical (unpaired) electrons. The van der Waals surface area contributed by atoms with Gasteiger partial charge in [-0.2, -0.15) is 8.42 Å². The second-order valence-corrected chi connectivity index (χ2v) is 3.27. The van der Waals surface area contributed by atoms with Crippen molar-refractivity contribution in [2.75, 3.05) is 14.1 Å². The normalized spacial score (nSPS) is 10.9. The van der Waals surface area contributed by atoms with Crippen LogP contribution in [0.3, 0.4) is 0 Å². The van der Waals surface area contributed by atoms with Gasteiger partial charge in [0.25, 0.3) is 0 Å². The molecule has 0 aromatic rings. The first-order valence-corrected chi connectivity index (χ1v) is 3.60. The summed E-state index contributed by atoms with van der Waals surface area (Å²) in [5.74, 6) is 0. The van der Waals surface area contributed by atoms with E-state index in [-0.39, 0.29) is 6.41 Å². The molecule has 1 amide bonds. The van der Waals surface area contributed by atoms with Crippen molar-refractivity contribution in [1.29, 1.82) is 0 Å². The second kappa shape index (κ2) is 2.79. The number of nitrogens with one attached hydrogen (secondary N) is 1. The third-order valence-electron chi connectivity index (χ3n) is 0.786. The maximum absolute atomic E-state index is 10.5. The Morgan fingerprint density at radius 2 is 2.00 bits per heavy atom. The number of nitrogens with zero attached hydrogens (tertiary/aromatic N) is 1. The Labute approximate surface area is 53.8 Å². The van der Waals surface area contributed by atoms with Crippen molar-refractivity contribution < 1.29 is 13.2 Å². The van der Waals surface area contributed by atoms with Gasteiger partial charge >= 0.3 is 10.2 Å². The first-order valence-electron chi connectivity index (χ1n) is 2.16. The van der Waals surface area contributed by atoms with Crippen LogP contribution >= 0.6 is 0 Å². The van der Waals surface area contributed by atoms with Gasteiger partial charge in [0.15, 0.2) is 0 Å². The van der Waals surface area contributed by atoms with E-state index in [1.807, 2.05) is 4.72 Å². The Morgan fingerprint density at radius 3 is 2.11 bits per heavy atom. The zero-order valence-corrected chi connectivity index (χ0v) is 5.97. The molecule has 0 saturated carbocycles. The molecule has 0 heterocycles. The second-order valence-electron chi connectivity index (χ2n) is 1.33. The lowest BCUT2D eigenvalue weighted by Gasteiger charge is -2.08. The van der Waals surface area contributed by atoms with Crippen molar-refractivity contribution in [3.63, 3.8) is 0 Å². The van der Waals surface area contributed by atoms with Crippen LogP contribution < -0.4 is 4.72 Å². The molecule has 0 fully saturated rings. The van der Waals surface area contributed by atoms with Gasteiger partial charge in [0.05, 0.1) is 0 Å². The predicted molar refractivity (Wildman–Crippen MR) is 31.8 cm³/mol. The number of amides is 1. The van der Waals surface area contributed by atoms with Crippen molar-refractivity contribution in [3.05, 3.63) is 0 Å². The minimum Gasteiger partial charge on any atom is -0.278 e. The zero-order chi connectivity index (χ0) is 7.49. The highest BCUT2D eigenvalue weighted by Gasteiger charge is 2.10. The molecular formula is C3H8N2O3S. The smallest absolute Gasteiger partial charge is 0.278 e. The summed E-state index contributed by atoms with van der Waals surface area (Å²) in [6, 6.07) is 0. The van der Waals surface area contributed by atoms with Crippen LogP contribution in [0.4, 0.5) is 0 Å². The van der Waals surface area contributed by atoms with Crippen molar-refractivity contribution in [1.82, 2.24) is 9.03 Å². The van der Waals surface area contributed by atoms with Gasteiger partial charge in [-0.05, 0) is 0 Å². The van der Waals surface area contributed by atoms with Crippen molar-refractivity contribution in [2.24, 2.45) is 0 Å². The third kappa shape index (κ3) is 1.98. The van der Waals surface area contributed by atoms with Crippen molar-refractivity contribution in [2.45, 2.75) is 0 Å². The Bertz CT molecular complexity index is 185. The van der Waals surface area contributed by atoms with Gasteiger partial charge in [-0.15, -0.1) is 0 Å². The fourth-order valence-corrected chi connectivity index (χ4v) is 0.602. The van der Waals surface area contributed by atoms with Crippen LogP contribution in [0.1, 0.15) is 0 Å². The molecule has 0 bridgehead atoms. The highest BCUT2D eigenvalue weighted by molar-refractivity contribution is 7.87. The van der Waals surface area contributed by atoms with Gasteiger partial charge in [-0.1, -0.05) is 0 Å². The lowest BCUT2D eigenvalue weighted by Crippen LogP contribution is -2.34. The van der Waals surface area contributed by atoms with Crippen LogP contribution in [0.2, 0.25) is 0 Å². The Hall–Kier alpha value is -0.620. The van der Waals surface area contributed by atoms with Gasteiger partial charge in [-0.3, -0.25) is 4.79 Å². The molecule has 0 saturated heterocycles. The molecule has 5 nitrogen and oxygen atoms in total. The molecule has 0 aliphatic rings. The summed E-state index contributed by atoms with van der Waals surface area (Å²) in [7, 11) is -1.15. The van der Waals surface area contributed by atoms with Gasteiger partial charge in [0, 0.05) is 14.1 Å². The number of carbonyl (C=O) groups is 1. The van der Waals surface area contributed by atoms with Crippen molar-refractivity contribution >= 4 is 16.6 Å². The Balaban J connectivity index is 4.34. The topological polar surface area (TPSA) is 66.5 Å². The minimum atomic E-state index is -3.53. The summed E-state index contributed by atoms with van der Waals surface area (Å²) < 4.78 is 23.5. The highest BCUT2D eigenvalue weighted by Crippen LogP contribution is 1.84. The largest absolute Gasteiger partial charge is 0.303 e. The molecule has 0 atom stereocenters. The molecule has 0 aromatic carbocycles. The van der Waals surface area contributed by atoms with Gasteiger partial charge < -0.3 is 0 Å². The average molecular weight is 152 g/mol. The standard InChI is InChI=1S/C3H8N2O3S/c1-4-9(7,8)5(2)3-6/h3-4H,1-2H3. The van der Waals surface area contributed by atoms with Gasteiger partial charge in [0.2, 0.25) is 6.41 Å². The molecule has 6 heteroatoms. The maximum atomic E-state index is 10.5. The zero-order valence-electron chi connectivity index (χ0n) is 5.16. The summed E-state index contributed by atoms with van der Waals surface area (Å²) in [6.45, 7) is 0. The summed E-state index contributed by atoms with van der Waals surface area (Å²) >= 11 is 0. The van der Waals surface area contributed by atoms with Crippen LogP contribution in [0.15, 0.2) is 0 Å². The van der Waals surface area contributed by atoms with Gasteiger partial charge in [-0.25, -0.2) is 9.03 Å². The number of rotatable bonds is 3. The first-order chi connectivity index (χ1) is 4.04. The van der Waals surface area contributed by atoms with Gasteiger partial charge in [0.1, 0.15) is 0 Å². The predicted octanol–water partition coefficient (Wildman–Crippen LogP) is -1.46. The van der Waals surface area contributed by atoms with Crippen LogP contribution in [-0.4, -0.2) is 33.2 Å². The Kier molecular flexibility index (Phi) is 2.60. The summed E-state index contributed by atoms with van der Waals surface area (Å²) in [6.07, 6.45) is 0.214. The average Bonchev–Trinajstić information content (AvgIpc) is 1.86. The van der Waals surface area contributed by atoms with Crippen LogP contribution in [0.5, 0.6) is 0 Å². The first kappa shape index (κ1) is 8.38. The molecule has 0 spiro atoms. The van der Waals surface area contributed by atoms with Crippen LogP contribution in [0, 0.1) is 0 Å². The van der Waals surface area contributed by atoms with E-state index < -0.39 is 10.2 Å². The fourth-order valence-electron chi connectivity index (χ4n) is 0.201. The molecule has 0 aromatic heterocycles. The lowest BCUT2D eigenvalue weighted by molar-refractivity contribution is -0.113. The van der Waals surface area contributed by atoms with E-state index in [0.29, 0.717) is 4.31 Å². The van der Waals surface area contributed by atoms with Crippen molar-refractivity contribution in [3.8, 4) is 0 Å². The van der Waals surface area contributed by atoms with E-state index in [4.69, 9.17) is 0 Å². The van der Waals surface area contributed by atoms with Crippen LogP contribution in [0.25, 0.3) is 0 Å². The summed E-state index contributed by atoms with van der Waals surface area (Å²) in [5, 5.41) is 0. The number of carbonyl (C=O) groups excluding carboxylic acids is 1. The maximum Gasteiger partial charge on any atom is 0.303 e. The highest BCUT2D eigenvalue weighted by atomic mass is 32.2. The van der Waals surface area contributed by atoms with E-state index in [0.717, 1.165) is 7.05 Å². The Morgan fingerprint density at radius 1 is 1.56 bits per heavy atom. The molecule has 0 aliphatic heterocycles. The molecule has 0 unspecified atom stereocenters. The monoisotopic (exact) mass is 152 g/mol. The summed E-state index contributed by atoms with van der Waals surface area (Å²) in [5.41, 5.74) is 0. The SMILES string of the molecule is CNS(=O)(=O)N(C)C=O. The van der Waals surface area contributed by atoms with E-state index in [1.54, 1.807) is 0 Å². The lowest BCUT2D eigenvalue weighted by atomic mass is 11.2. The quantitative estimate of drug-likeness (QED) is 0.502. The molecule has 0 rings (SSSR count). The summed E-state index contributed by atoms with van der Waals surface area (Å²) in [4.78, 5) is 9.82. The molecule has 54 valence electrons. The number of hydrogen-bond acceptors (Lipinski definition) is 3. The third-order valence-corrected chi connectivity index (χ3v) is 2.15. The van der Waals surface area contributed by atoms with E-state index in [2.05, 4.69) is 0 Å². The molecule has 9 heavy (non-hydrogen) atoms. The minimum absolute atomic E-state index is 0.214. The van der Waals surface area contributed by atoms with E-state index >= 15 is 0 Å². The fraction of sp³-hybridized carbons (Fsp3) is 0.667. The van der Waals surface area contributed by atoms with Crippen LogP contribution in [-0.2, 0) is 15.0 Å². The van der Waals surface area contributed by atoms with E-state index in [1.165, 1.54) is 7.05 Å². The van der Waals surface area contributed by atoms with E-state index in [9.17, 15) is 13.2 Å². The molecule has 0 aliphatic carbocycles. The molecule has 1 N–H and O–H groups in total. The molecular weight excluding hydrogens is 144 g/mol. The number of hydrogen-bond donors (Lipinski definition) is 1.